The Hall–Kier alpha value is -4.12. The summed E-state index contributed by atoms with van der Waals surface area (Å²) in [7, 11) is 0. The molecule has 0 bridgehead atoms. The monoisotopic (exact) mass is 458 g/mol. The first-order valence-corrected chi connectivity index (χ1v) is 10.0. The highest BCUT2D eigenvalue weighted by molar-refractivity contribution is 5.92. The van der Waals surface area contributed by atoms with Crippen LogP contribution in [0, 0.1) is 0 Å². The van der Waals surface area contributed by atoms with Gasteiger partial charge in [0.2, 0.25) is 17.7 Å². The van der Waals surface area contributed by atoms with Crippen molar-refractivity contribution in [3.8, 4) is 11.5 Å². The lowest BCUT2D eigenvalue weighted by Gasteiger charge is -2.21. The van der Waals surface area contributed by atoms with Gasteiger partial charge in [-0.05, 0) is 41.8 Å². The molecule has 2 unspecified atom stereocenters. The molecule has 33 heavy (non-hydrogen) atoms. The SMILES string of the molecule is NC(Cc1ccc(O)cc1)C(=O)NC(Cc1ccc(O)cc1)C(=O)NCC(=O)NCC(=O)O. The van der Waals surface area contributed by atoms with Crippen molar-refractivity contribution >= 4 is 23.7 Å². The molecule has 3 amide bonds. The molecule has 2 rings (SSSR count). The van der Waals surface area contributed by atoms with Crippen LogP contribution in [0.5, 0.6) is 11.5 Å². The van der Waals surface area contributed by atoms with E-state index in [1.165, 1.54) is 24.3 Å². The molecule has 2 atom stereocenters. The molecule has 8 N–H and O–H groups in total. The van der Waals surface area contributed by atoms with Gasteiger partial charge in [-0.3, -0.25) is 19.2 Å². The summed E-state index contributed by atoms with van der Waals surface area (Å²) in [5.41, 5.74) is 7.33. The number of nitrogens with one attached hydrogen (secondary N) is 3. The van der Waals surface area contributed by atoms with Crippen molar-refractivity contribution < 1.29 is 34.5 Å². The molecule has 0 aliphatic carbocycles. The Morgan fingerprint density at radius 2 is 1.27 bits per heavy atom. The van der Waals surface area contributed by atoms with Crippen molar-refractivity contribution in [2.75, 3.05) is 13.1 Å². The summed E-state index contributed by atoms with van der Waals surface area (Å²) in [6.07, 6.45) is 0.220. The van der Waals surface area contributed by atoms with Crippen LogP contribution in [0.1, 0.15) is 11.1 Å². The number of carboxylic acid groups (broad SMARTS) is 1. The molecule has 2 aromatic rings. The number of hydrogen-bond donors (Lipinski definition) is 7. The van der Waals surface area contributed by atoms with E-state index in [4.69, 9.17) is 10.8 Å². The van der Waals surface area contributed by atoms with E-state index in [-0.39, 0.29) is 24.3 Å². The zero-order chi connectivity index (χ0) is 24.4. The molecule has 0 aliphatic rings. The number of carbonyl (C=O) groups is 4. The zero-order valence-corrected chi connectivity index (χ0v) is 17.7. The smallest absolute Gasteiger partial charge is 0.322 e. The number of aliphatic carboxylic acids is 1. The summed E-state index contributed by atoms with van der Waals surface area (Å²) in [5.74, 6) is -3.08. The molecule has 0 saturated heterocycles. The molecule has 0 fully saturated rings. The second kappa shape index (κ2) is 12.1. The highest BCUT2D eigenvalue weighted by atomic mass is 16.4. The molecule has 11 heteroatoms. The summed E-state index contributed by atoms with van der Waals surface area (Å²) in [5, 5.41) is 34.4. The number of rotatable bonds is 11. The summed E-state index contributed by atoms with van der Waals surface area (Å²) in [6, 6.07) is 10.1. The van der Waals surface area contributed by atoms with E-state index in [0.29, 0.717) is 11.1 Å². The molecule has 11 nitrogen and oxygen atoms in total. The largest absolute Gasteiger partial charge is 0.508 e. The summed E-state index contributed by atoms with van der Waals surface area (Å²) >= 11 is 0. The van der Waals surface area contributed by atoms with Crippen LogP contribution in [0.25, 0.3) is 0 Å². The number of phenolic OH excluding ortho intramolecular Hbond substituents is 2. The molecular formula is C22H26N4O7. The number of amides is 3. The van der Waals surface area contributed by atoms with Gasteiger partial charge in [0.25, 0.3) is 0 Å². The first-order valence-electron chi connectivity index (χ1n) is 10.0. The zero-order valence-electron chi connectivity index (χ0n) is 17.7. The maximum atomic E-state index is 12.7. The van der Waals surface area contributed by atoms with Gasteiger partial charge in [-0.15, -0.1) is 0 Å². The first-order chi connectivity index (χ1) is 15.6. The van der Waals surface area contributed by atoms with Gasteiger partial charge in [-0.2, -0.15) is 0 Å². The fourth-order valence-corrected chi connectivity index (χ4v) is 2.86. The minimum atomic E-state index is -1.23. The number of nitrogens with two attached hydrogens (primary N) is 1. The highest BCUT2D eigenvalue weighted by Gasteiger charge is 2.25. The van der Waals surface area contributed by atoms with Crippen molar-refractivity contribution in [1.82, 2.24) is 16.0 Å². The van der Waals surface area contributed by atoms with Gasteiger partial charge in [-0.25, -0.2) is 0 Å². The Labute approximate surface area is 189 Å². The van der Waals surface area contributed by atoms with Gasteiger partial charge in [0.1, 0.15) is 24.1 Å². The molecule has 0 heterocycles. The quantitative estimate of drug-likeness (QED) is 0.223. The first kappa shape index (κ1) is 25.1. The second-order valence-electron chi connectivity index (χ2n) is 7.30. The minimum Gasteiger partial charge on any atom is -0.508 e. The molecule has 0 aromatic heterocycles. The van der Waals surface area contributed by atoms with Crippen LogP contribution in [0.15, 0.2) is 48.5 Å². The number of phenols is 2. The highest BCUT2D eigenvalue weighted by Crippen LogP contribution is 2.13. The van der Waals surface area contributed by atoms with Crippen molar-refractivity contribution in [3.63, 3.8) is 0 Å². The van der Waals surface area contributed by atoms with E-state index >= 15 is 0 Å². The van der Waals surface area contributed by atoms with Gasteiger partial charge < -0.3 is 37.0 Å². The van der Waals surface area contributed by atoms with Crippen molar-refractivity contribution in [3.05, 3.63) is 59.7 Å². The Bertz CT molecular complexity index is 977. The Morgan fingerprint density at radius 3 is 1.79 bits per heavy atom. The average Bonchev–Trinajstić information content (AvgIpc) is 2.78. The van der Waals surface area contributed by atoms with E-state index in [9.17, 15) is 29.4 Å². The van der Waals surface area contributed by atoms with E-state index in [1.54, 1.807) is 24.3 Å². The Balaban J connectivity index is 2.03. The van der Waals surface area contributed by atoms with Crippen LogP contribution < -0.4 is 21.7 Å². The lowest BCUT2D eigenvalue weighted by Crippen LogP contribution is -2.54. The maximum Gasteiger partial charge on any atom is 0.322 e. The third-order valence-electron chi connectivity index (χ3n) is 4.60. The third-order valence-corrected chi connectivity index (χ3v) is 4.60. The number of hydrogen-bond acceptors (Lipinski definition) is 7. The fraction of sp³-hybridized carbons (Fsp3) is 0.273. The van der Waals surface area contributed by atoms with Gasteiger partial charge in [0, 0.05) is 6.42 Å². The lowest BCUT2D eigenvalue weighted by molar-refractivity contribution is -0.138. The number of carbonyl (C=O) groups excluding carboxylic acids is 3. The molecule has 0 spiro atoms. The predicted molar refractivity (Wildman–Crippen MR) is 117 cm³/mol. The normalized spacial score (nSPS) is 12.3. The molecule has 0 radical (unpaired) electrons. The van der Waals surface area contributed by atoms with Crippen LogP contribution in [-0.2, 0) is 32.0 Å². The third kappa shape index (κ3) is 8.87. The standard InChI is InChI=1S/C22H26N4O7/c23-17(9-13-1-5-15(27)6-2-13)21(32)26-18(10-14-3-7-16(28)8-4-14)22(33)25-11-19(29)24-12-20(30)31/h1-8,17-18,27-28H,9-12,23H2,(H,24,29)(H,25,33)(H,26,32)(H,30,31). The van der Waals surface area contributed by atoms with E-state index in [0.717, 1.165) is 0 Å². The summed E-state index contributed by atoms with van der Waals surface area (Å²) in [6.45, 7) is -1.07. The van der Waals surface area contributed by atoms with Crippen LogP contribution >= 0.6 is 0 Å². The number of benzene rings is 2. The van der Waals surface area contributed by atoms with Gasteiger partial charge in [0.15, 0.2) is 0 Å². The summed E-state index contributed by atoms with van der Waals surface area (Å²) in [4.78, 5) is 47.5. The lowest BCUT2D eigenvalue weighted by atomic mass is 10.0. The Morgan fingerprint density at radius 1 is 0.758 bits per heavy atom. The van der Waals surface area contributed by atoms with Crippen LogP contribution in [0.2, 0.25) is 0 Å². The second-order valence-corrected chi connectivity index (χ2v) is 7.30. The molecule has 0 aliphatic heterocycles. The fourth-order valence-electron chi connectivity index (χ4n) is 2.86. The summed E-state index contributed by atoms with van der Waals surface area (Å²) < 4.78 is 0. The average molecular weight is 458 g/mol. The number of aromatic hydroxyl groups is 2. The van der Waals surface area contributed by atoms with Gasteiger partial charge >= 0.3 is 5.97 Å². The van der Waals surface area contributed by atoms with E-state index in [2.05, 4.69) is 16.0 Å². The topological polar surface area (TPSA) is 191 Å². The van der Waals surface area contributed by atoms with Crippen molar-refractivity contribution in [2.45, 2.75) is 24.9 Å². The van der Waals surface area contributed by atoms with Gasteiger partial charge in [-0.1, -0.05) is 24.3 Å². The van der Waals surface area contributed by atoms with E-state index in [1.807, 2.05) is 0 Å². The van der Waals surface area contributed by atoms with Gasteiger partial charge in [0.05, 0.1) is 12.6 Å². The number of carboxylic acids is 1. The Kier molecular flexibility index (Phi) is 9.18. The maximum absolute atomic E-state index is 12.7. The van der Waals surface area contributed by atoms with Crippen molar-refractivity contribution in [2.24, 2.45) is 5.73 Å². The van der Waals surface area contributed by atoms with E-state index < -0.39 is 48.9 Å². The minimum absolute atomic E-state index is 0.0369. The molecular weight excluding hydrogens is 432 g/mol. The predicted octanol–water partition coefficient (Wildman–Crippen LogP) is -0.988. The van der Waals surface area contributed by atoms with Crippen LogP contribution in [-0.4, -0.2) is 64.2 Å². The molecule has 0 saturated carbocycles. The van der Waals surface area contributed by atoms with Crippen molar-refractivity contribution in [1.29, 1.82) is 0 Å². The van der Waals surface area contributed by atoms with Crippen LogP contribution in [0.3, 0.4) is 0 Å². The molecule has 176 valence electrons. The molecule has 2 aromatic carbocycles. The van der Waals surface area contributed by atoms with Crippen LogP contribution in [0.4, 0.5) is 0 Å².